The molecule has 6 nitrogen and oxygen atoms in total. The standard InChI is InChI=1S/C17H22N4O2S/c1-12-4-6-21(7-5-12)14(15-3-2-8-24-15)10-20-16-11-18-13(9-19-16)17(22)23/h2-3,8-9,11-12,14H,4-7,10H2,1H3,(H,19,20)(H,22,23). The van der Waals surface area contributed by atoms with Gasteiger partial charge < -0.3 is 10.4 Å². The Morgan fingerprint density at radius 2 is 2.21 bits per heavy atom. The number of thiophene rings is 1. The molecule has 3 rings (SSSR count). The predicted octanol–water partition coefficient (Wildman–Crippen LogP) is 3.12. The first-order chi connectivity index (χ1) is 11.6. The van der Waals surface area contributed by atoms with Crippen LogP contribution in [0.4, 0.5) is 5.82 Å². The molecule has 24 heavy (non-hydrogen) atoms. The van der Waals surface area contributed by atoms with Gasteiger partial charge in [-0.2, -0.15) is 0 Å². The van der Waals surface area contributed by atoms with Gasteiger partial charge in [0.2, 0.25) is 0 Å². The number of carboxylic acid groups (broad SMARTS) is 1. The Kier molecular flexibility index (Phi) is 5.42. The van der Waals surface area contributed by atoms with Crippen LogP contribution in [0.3, 0.4) is 0 Å². The van der Waals surface area contributed by atoms with Crippen molar-refractivity contribution in [1.82, 2.24) is 14.9 Å². The lowest BCUT2D eigenvalue weighted by Gasteiger charge is -2.36. The van der Waals surface area contributed by atoms with E-state index in [1.807, 2.05) is 0 Å². The average Bonchev–Trinajstić information content (AvgIpc) is 3.11. The predicted molar refractivity (Wildman–Crippen MR) is 94.5 cm³/mol. The van der Waals surface area contributed by atoms with E-state index < -0.39 is 5.97 Å². The van der Waals surface area contributed by atoms with Crippen molar-refractivity contribution < 1.29 is 9.90 Å². The van der Waals surface area contributed by atoms with Crippen molar-refractivity contribution in [3.05, 3.63) is 40.5 Å². The summed E-state index contributed by atoms with van der Waals surface area (Å²) in [5, 5.41) is 14.3. The first-order valence-corrected chi connectivity index (χ1v) is 9.08. The molecule has 1 unspecified atom stereocenters. The highest BCUT2D eigenvalue weighted by Gasteiger charge is 2.25. The number of carboxylic acids is 1. The molecule has 0 amide bonds. The fraction of sp³-hybridized carbons (Fsp3) is 0.471. The number of piperidine rings is 1. The van der Waals surface area contributed by atoms with Gasteiger partial charge in [0.15, 0.2) is 5.69 Å². The molecule has 128 valence electrons. The number of aromatic nitrogens is 2. The van der Waals surface area contributed by atoms with E-state index in [0.717, 1.165) is 25.6 Å². The molecule has 0 radical (unpaired) electrons. The fourth-order valence-corrected chi connectivity index (χ4v) is 3.82. The average molecular weight is 346 g/mol. The third-order valence-corrected chi connectivity index (χ3v) is 5.45. The van der Waals surface area contributed by atoms with Gasteiger partial charge in [-0.25, -0.2) is 14.8 Å². The number of rotatable bonds is 6. The van der Waals surface area contributed by atoms with Crippen molar-refractivity contribution in [2.45, 2.75) is 25.8 Å². The van der Waals surface area contributed by atoms with E-state index in [-0.39, 0.29) is 5.69 Å². The minimum absolute atomic E-state index is 0.0413. The lowest BCUT2D eigenvalue weighted by Crippen LogP contribution is -2.38. The van der Waals surface area contributed by atoms with Crippen LogP contribution in [0.1, 0.15) is 41.2 Å². The molecule has 0 spiro atoms. The first kappa shape index (κ1) is 16.9. The Hall–Kier alpha value is -1.99. The minimum Gasteiger partial charge on any atom is -0.476 e. The lowest BCUT2D eigenvalue weighted by atomic mass is 9.97. The number of nitrogens with one attached hydrogen (secondary N) is 1. The summed E-state index contributed by atoms with van der Waals surface area (Å²) in [6.07, 6.45) is 5.23. The Morgan fingerprint density at radius 3 is 2.79 bits per heavy atom. The molecule has 0 bridgehead atoms. The summed E-state index contributed by atoms with van der Waals surface area (Å²) in [7, 11) is 0. The molecule has 1 saturated heterocycles. The summed E-state index contributed by atoms with van der Waals surface area (Å²) < 4.78 is 0. The van der Waals surface area contributed by atoms with Crippen LogP contribution in [-0.4, -0.2) is 45.6 Å². The van der Waals surface area contributed by atoms with Crippen LogP contribution in [0, 0.1) is 5.92 Å². The molecule has 0 saturated carbocycles. The Bertz CT molecular complexity index is 652. The number of hydrogen-bond acceptors (Lipinski definition) is 6. The topological polar surface area (TPSA) is 78.4 Å². The molecule has 2 aromatic rings. The third kappa shape index (κ3) is 4.10. The second-order valence-corrected chi connectivity index (χ2v) is 7.20. The van der Waals surface area contributed by atoms with Crippen molar-refractivity contribution in [3.8, 4) is 0 Å². The van der Waals surface area contributed by atoms with Crippen molar-refractivity contribution in [2.75, 3.05) is 25.0 Å². The molecule has 1 atom stereocenters. The highest BCUT2D eigenvalue weighted by Crippen LogP contribution is 2.29. The molecular formula is C17H22N4O2S. The smallest absolute Gasteiger partial charge is 0.356 e. The highest BCUT2D eigenvalue weighted by atomic mass is 32.1. The summed E-state index contributed by atoms with van der Waals surface area (Å²) in [5.41, 5.74) is -0.0413. The maximum Gasteiger partial charge on any atom is 0.356 e. The molecule has 0 aliphatic carbocycles. The molecule has 1 aliphatic rings. The molecule has 0 aromatic carbocycles. The van der Waals surface area contributed by atoms with Gasteiger partial charge in [0.1, 0.15) is 5.82 Å². The van der Waals surface area contributed by atoms with Gasteiger partial charge >= 0.3 is 5.97 Å². The van der Waals surface area contributed by atoms with E-state index in [1.54, 1.807) is 11.3 Å². The zero-order chi connectivity index (χ0) is 16.9. The molecule has 7 heteroatoms. The number of likely N-dealkylation sites (tertiary alicyclic amines) is 1. The van der Waals surface area contributed by atoms with Gasteiger partial charge in [-0.3, -0.25) is 4.90 Å². The van der Waals surface area contributed by atoms with Crippen LogP contribution in [0.25, 0.3) is 0 Å². The summed E-state index contributed by atoms with van der Waals surface area (Å²) in [4.78, 5) is 22.8. The van der Waals surface area contributed by atoms with Crippen LogP contribution in [0.2, 0.25) is 0 Å². The van der Waals surface area contributed by atoms with Gasteiger partial charge in [0.05, 0.1) is 18.4 Å². The second kappa shape index (κ2) is 7.72. The van der Waals surface area contributed by atoms with E-state index in [1.165, 1.54) is 30.1 Å². The molecule has 1 fully saturated rings. The third-order valence-electron chi connectivity index (χ3n) is 4.48. The monoisotopic (exact) mass is 346 g/mol. The number of carbonyl (C=O) groups is 1. The quantitative estimate of drug-likeness (QED) is 0.837. The SMILES string of the molecule is CC1CCN(C(CNc2cnc(C(=O)O)cn2)c2cccs2)CC1. The van der Waals surface area contributed by atoms with Gasteiger partial charge in [-0.1, -0.05) is 13.0 Å². The molecule has 1 aliphatic heterocycles. The van der Waals surface area contributed by atoms with Crippen LogP contribution < -0.4 is 5.32 Å². The van der Waals surface area contributed by atoms with Gasteiger partial charge in [0.25, 0.3) is 0 Å². The largest absolute Gasteiger partial charge is 0.476 e. The summed E-state index contributed by atoms with van der Waals surface area (Å²) in [6, 6.07) is 4.56. The number of anilines is 1. The zero-order valence-electron chi connectivity index (χ0n) is 13.7. The maximum absolute atomic E-state index is 10.8. The number of hydrogen-bond donors (Lipinski definition) is 2. The van der Waals surface area contributed by atoms with Crippen molar-refractivity contribution in [3.63, 3.8) is 0 Å². The fourth-order valence-electron chi connectivity index (χ4n) is 2.96. The Morgan fingerprint density at radius 1 is 1.42 bits per heavy atom. The van der Waals surface area contributed by atoms with Crippen molar-refractivity contribution >= 4 is 23.1 Å². The molecular weight excluding hydrogens is 324 g/mol. The van der Waals surface area contributed by atoms with Crippen LogP contribution in [0.15, 0.2) is 29.9 Å². The Labute approximate surface area is 145 Å². The van der Waals surface area contributed by atoms with Crippen molar-refractivity contribution in [2.24, 2.45) is 5.92 Å². The number of nitrogens with zero attached hydrogens (tertiary/aromatic N) is 3. The van der Waals surface area contributed by atoms with E-state index in [9.17, 15) is 4.79 Å². The molecule has 2 aromatic heterocycles. The van der Waals surface area contributed by atoms with Crippen LogP contribution >= 0.6 is 11.3 Å². The van der Waals surface area contributed by atoms with E-state index in [4.69, 9.17) is 5.11 Å². The Balaban J connectivity index is 1.67. The van der Waals surface area contributed by atoms with Crippen molar-refractivity contribution in [1.29, 1.82) is 0 Å². The van der Waals surface area contributed by atoms with Gasteiger partial charge in [-0.05, 0) is 43.3 Å². The summed E-state index contributed by atoms with van der Waals surface area (Å²) >= 11 is 1.77. The van der Waals surface area contributed by atoms with E-state index in [0.29, 0.717) is 11.9 Å². The zero-order valence-corrected chi connectivity index (χ0v) is 14.5. The second-order valence-electron chi connectivity index (χ2n) is 6.22. The molecule has 3 heterocycles. The van der Waals surface area contributed by atoms with Crippen LogP contribution in [-0.2, 0) is 0 Å². The minimum atomic E-state index is -1.06. The summed E-state index contributed by atoms with van der Waals surface area (Å²) in [5.74, 6) is 0.340. The van der Waals surface area contributed by atoms with Crippen LogP contribution in [0.5, 0.6) is 0 Å². The summed E-state index contributed by atoms with van der Waals surface area (Å²) in [6.45, 7) is 5.26. The van der Waals surface area contributed by atoms with Gasteiger partial charge in [-0.15, -0.1) is 11.3 Å². The lowest BCUT2D eigenvalue weighted by molar-refractivity contribution is 0.0690. The number of aromatic carboxylic acids is 1. The first-order valence-electron chi connectivity index (χ1n) is 8.20. The highest BCUT2D eigenvalue weighted by molar-refractivity contribution is 7.10. The maximum atomic E-state index is 10.8. The van der Waals surface area contributed by atoms with Gasteiger partial charge in [0, 0.05) is 11.4 Å². The van der Waals surface area contributed by atoms with E-state index in [2.05, 4.69) is 44.6 Å². The normalized spacial score (nSPS) is 17.5. The molecule has 2 N–H and O–H groups in total. The van der Waals surface area contributed by atoms with E-state index >= 15 is 0 Å².